The maximum absolute atomic E-state index is 10.7. The summed E-state index contributed by atoms with van der Waals surface area (Å²) in [6.07, 6.45) is 8.45. The maximum atomic E-state index is 10.7. The quantitative estimate of drug-likeness (QED) is 0.453. The Labute approximate surface area is 171 Å². The van der Waals surface area contributed by atoms with Crippen molar-refractivity contribution in [1.82, 2.24) is 0 Å². The largest absolute Gasteiger partial charge is 0.298 e. The molecule has 0 spiro atoms. The topological polar surface area (TPSA) is 34.1 Å². The zero-order chi connectivity index (χ0) is 18.3. The molecule has 0 aromatic heterocycles. The van der Waals surface area contributed by atoms with Gasteiger partial charge in [-0.25, -0.2) is 0 Å². The lowest BCUT2D eigenvalue weighted by molar-refractivity contribution is -0.106. The first kappa shape index (κ1) is 27.6. The molecular weight excluding hydrogens is 367 g/mol. The van der Waals surface area contributed by atoms with Gasteiger partial charge in [-0.3, -0.25) is 9.59 Å². The molecule has 0 saturated heterocycles. The molecule has 152 valence electrons. The van der Waals surface area contributed by atoms with Crippen LogP contribution in [0.5, 0.6) is 0 Å². The summed E-state index contributed by atoms with van der Waals surface area (Å²) in [7, 11) is 0. The van der Waals surface area contributed by atoms with Gasteiger partial charge >= 0.3 is 0 Å². The Morgan fingerprint density at radius 2 is 1.54 bits per heavy atom. The van der Waals surface area contributed by atoms with Crippen LogP contribution in [0.1, 0.15) is 81.1 Å². The summed E-state index contributed by atoms with van der Waals surface area (Å²) < 4.78 is 0. The van der Waals surface area contributed by atoms with Crippen LogP contribution in [-0.2, 0) is 9.59 Å². The van der Waals surface area contributed by atoms with E-state index >= 15 is 0 Å². The van der Waals surface area contributed by atoms with E-state index in [2.05, 4.69) is 20.8 Å². The average molecular weight is 405 g/mol. The van der Waals surface area contributed by atoms with Crippen LogP contribution < -0.4 is 0 Å². The van der Waals surface area contributed by atoms with E-state index in [-0.39, 0.29) is 14.9 Å². The number of halogens is 2. The van der Waals surface area contributed by atoms with E-state index < -0.39 is 0 Å². The van der Waals surface area contributed by atoms with Crippen LogP contribution >= 0.6 is 23.2 Å². The van der Waals surface area contributed by atoms with Crippen molar-refractivity contribution in [3.8, 4) is 0 Å². The summed E-state index contributed by atoms with van der Waals surface area (Å²) in [6.45, 7) is 8.47. The van der Waals surface area contributed by atoms with Crippen molar-refractivity contribution in [3.05, 3.63) is 21.2 Å². The lowest BCUT2D eigenvalue weighted by Gasteiger charge is -2.01. The summed E-state index contributed by atoms with van der Waals surface area (Å²) in [5.41, 5.74) is 1.71. The van der Waals surface area contributed by atoms with Crippen LogP contribution in [0.2, 0.25) is 0 Å². The number of carbonyl (C=O) groups excluding carboxylic acids is 2. The lowest BCUT2D eigenvalue weighted by Crippen LogP contribution is -1.92. The van der Waals surface area contributed by atoms with Gasteiger partial charge in [0.1, 0.15) is 12.6 Å². The normalized spacial score (nSPS) is 27.8. The Morgan fingerprint density at radius 3 is 1.88 bits per heavy atom. The molecule has 4 atom stereocenters. The smallest absolute Gasteiger partial charge is 0.147 e. The van der Waals surface area contributed by atoms with Gasteiger partial charge in [0.25, 0.3) is 0 Å². The molecule has 26 heavy (non-hydrogen) atoms. The minimum Gasteiger partial charge on any atom is -0.298 e. The predicted octanol–water partition coefficient (Wildman–Crippen LogP) is 7.54. The number of rotatable bonds is 4. The predicted molar refractivity (Wildman–Crippen MR) is 116 cm³/mol. The van der Waals surface area contributed by atoms with Crippen LogP contribution in [0.15, 0.2) is 21.2 Å². The first-order chi connectivity index (χ1) is 11.5. The summed E-state index contributed by atoms with van der Waals surface area (Å²) in [5.74, 6) is 2.42. The molecule has 3 unspecified atom stereocenters. The highest BCUT2D eigenvalue weighted by Gasteiger charge is 2.55. The fourth-order valence-electron chi connectivity index (χ4n) is 3.65. The van der Waals surface area contributed by atoms with Gasteiger partial charge in [0.15, 0.2) is 0 Å². The van der Waals surface area contributed by atoms with E-state index in [4.69, 9.17) is 23.2 Å². The number of hydrogen-bond donors (Lipinski definition) is 0. The summed E-state index contributed by atoms with van der Waals surface area (Å²) in [4.78, 5) is 20.9. The van der Waals surface area contributed by atoms with Gasteiger partial charge < -0.3 is 0 Å². The van der Waals surface area contributed by atoms with E-state index in [1.54, 1.807) is 0 Å². The second-order valence-electron chi connectivity index (χ2n) is 6.95. The molecule has 3 rings (SSSR count). The second kappa shape index (κ2) is 13.6. The molecule has 0 radical (unpaired) electrons. The highest BCUT2D eigenvalue weighted by Crippen LogP contribution is 2.61. The molecule has 0 aromatic carbocycles. The molecule has 0 bridgehead atoms. The van der Waals surface area contributed by atoms with Crippen LogP contribution in [0.3, 0.4) is 0 Å². The fraction of sp³-hybridized carbons (Fsp3) is 0.727. The molecule has 4 heteroatoms. The molecule has 3 aliphatic rings. The molecule has 0 heterocycles. The molecule has 0 amide bonds. The van der Waals surface area contributed by atoms with Gasteiger partial charge in [0.05, 0.1) is 0 Å². The standard InChI is InChI=1S/C10H13ClO.C7H9ClO.C3H8.2CH4/c1-2-3-6-7-4-9(11)8(5-12)10(6)7;1-5-2-3-7(8)6(5)4-9;1-3-2;;/h5-7,10H,2-4H2,1H3;4-5H,2-3H2,1H3;3H2,1-2H3;2*1H4/t6-,7?,10?;;;;/m0..../s1. The third-order valence-corrected chi connectivity index (χ3v) is 5.72. The van der Waals surface area contributed by atoms with Crippen LogP contribution in [-0.4, -0.2) is 12.6 Å². The van der Waals surface area contributed by atoms with Crippen LogP contribution in [0, 0.1) is 23.7 Å². The maximum Gasteiger partial charge on any atom is 0.147 e. The van der Waals surface area contributed by atoms with E-state index in [1.807, 2.05) is 6.92 Å². The van der Waals surface area contributed by atoms with E-state index in [0.29, 0.717) is 11.8 Å². The number of fused-ring (bicyclic) bond motifs is 1. The van der Waals surface area contributed by atoms with Crippen molar-refractivity contribution < 1.29 is 9.59 Å². The minimum atomic E-state index is 0. The van der Waals surface area contributed by atoms with Crippen molar-refractivity contribution in [3.63, 3.8) is 0 Å². The monoisotopic (exact) mass is 404 g/mol. The molecule has 2 nitrogen and oxygen atoms in total. The molecule has 1 fully saturated rings. The summed E-state index contributed by atoms with van der Waals surface area (Å²) in [6, 6.07) is 0. The zero-order valence-corrected chi connectivity index (χ0v) is 16.8. The Morgan fingerprint density at radius 1 is 1.00 bits per heavy atom. The molecular formula is C22H38Cl2O2. The Hall–Kier alpha value is -0.600. The first-order valence-corrected chi connectivity index (χ1v) is 9.89. The second-order valence-corrected chi connectivity index (χ2v) is 7.86. The number of allylic oxidation sites excluding steroid dienone is 4. The van der Waals surface area contributed by atoms with Gasteiger partial charge in [0.2, 0.25) is 0 Å². The number of aldehydes is 2. The molecule has 0 N–H and O–H groups in total. The molecule has 0 aliphatic heterocycles. The van der Waals surface area contributed by atoms with Crippen molar-refractivity contribution >= 4 is 35.8 Å². The molecule has 1 saturated carbocycles. The summed E-state index contributed by atoms with van der Waals surface area (Å²) in [5, 5.41) is 1.59. The first-order valence-electron chi connectivity index (χ1n) is 9.13. The third-order valence-electron chi connectivity index (χ3n) is 4.94. The lowest BCUT2D eigenvalue weighted by atomic mass is 10.1. The molecule has 3 aliphatic carbocycles. The molecule has 0 aromatic rings. The minimum absolute atomic E-state index is 0. The van der Waals surface area contributed by atoms with Crippen LogP contribution in [0.25, 0.3) is 0 Å². The van der Waals surface area contributed by atoms with E-state index in [0.717, 1.165) is 64.9 Å². The van der Waals surface area contributed by atoms with E-state index in [1.165, 1.54) is 19.3 Å². The third kappa shape index (κ3) is 6.85. The van der Waals surface area contributed by atoms with Gasteiger partial charge in [0, 0.05) is 21.2 Å². The number of carbonyl (C=O) groups is 2. The van der Waals surface area contributed by atoms with Gasteiger partial charge in [-0.15, -0.1) is 0 Å². The SMILES string of the molecule is C.C.CC1CCC(Cl)=C1C=O.CCC.CCC[C@H]1C2CC(Cl)=C(C=O)C21. The van der Waals surface area contributed by atoms with Gasteiger partial charge in [-0.05, 0) is 49.4 Å². The highest BCUT2D eigenvalue weighted by atomic mass is 35.5. The van der Waals surface area contributed by atoms with Crippen molar-refractivity contribution in [2.45, 2.75) is 81.1 Å². The van der Waals surface area contributed by atoms with Gasteiger partial charge in [-0.2, -0.15) is 0 Å². The highest BCUT2D eigenvalue weighted by molar-refractivity contribution is 6.32. The van der Waals surface area contributed by atoms with Gasteiger partial charge in [-0.1, -0.05) is 78.6 Å². The van der Waals surface area contributed by atoms with Crippen molar-refractivity contribution in [2.75, 3.05) is 0 Å². The van der Waals surface area contributed by atoms with Crippen molar-refractivity contribution in [2.24, 2.45) is 23.7 Å². The zero-order valence-electron chi connectivity index (χ0n) is 15.3. The van der Waals surface area contributed by atoms with Crippen LogP contribution in [0.4, 0.5) is 0 Å². The Kier molecular flexibility index (Phi) is 14.4. The fourth-order valence-corrected chi connectivity index (χ4v) is 4.34. The Bertz CT molecular complexity index is 508. The number of hydrogen-bond acceptors (Lipinski definition) is 2. The van der Waals surface area contributed by atoms with E-state index in [9.17, 15) is 9.59 Å². The average Bonchev–Trinajstić information content (AvgIpc) is 2.91. The van der Waals surface area contributed by atoms with Crippen molar-refractivity contribution in [1.29, 1.82) is 0 Å². The Balaban J connectivity index is 0. The summed E-state index contributed by atoms with van der Waals surface area (Å²) >= 11 is 11.6.